The van der Waals surface area contributed by atoms with Crippen molar-refractivity contribution in [3.8, 4) is 0 Å². The highest BCUT2D eigenvalue weighted by Gasteiger charge is 2.46. The van der Waals surface area contributed by atoms with Gasteiger partial charge in [-0.25, -0.2) is 13.8 Å². The molecule has 1 amide bonds. The number of hydrogen-bond acceptors (Lipinski definition) is 5. The van der Waals surface area contributed by atoms with E-state index in [-0.39, 0.29) is 18.1 Å². The second-order valence-corrected chi connectivity index (χ2v) is 9.18. The summed E-state index contributed by atoms with van der Waals surface area (Å²) in [5.41, 5.74) is 6.93. The number of piperidine rings is 1. The Bertz CT molecular complexity index is 1150. The molecule has 0 aliphatic carbocycles. The van der Waals surface area contributed by atoms with Crippen LogP contribution in [-0.4, -0.2) is 61.5 Å². The van der Waals surface area contributed by atoms with Gasteiger partial charge in [0.25, 0.3) is 11.8 Å². The van der Waals surface area contributed by atoms with Crippen molar-refractivity contribution in [1.82, 2.24) is 10.2 Å². The van der Waals surface area contributed by atoms with Crippen molar-refractivity contribution in [3.63, 3.8) is 0 Å². The molecule has 2 unspecified atom stereocenters. The fraction of sp³-hybridized carbons (Fsp3) is 0.444. The van der Waals surface area contributed by atoms with Gasteiger partial charge >= 0.3 is 6.18 Å². The molecule has 2 atom stereocenters. The number of nitrogens with zero attached hydrogens (tertiary/aromatic N) is 3. The van der Waals surface area contributed by atoms with Crippen LogP contribution in [0.3, 0.4) is 0 Å². The minimum Gasteiger partial charge on any atom is -0.394 e. The number of benzene rings is 1. The molecule has 38 heavy (non-hydrogen) atoms. The third kappa shape index (κ3) is 8.00. The molecule has 1 aromatic rings. The lowest BCUT2D eigenvalue weighted by atomic mass is 9.88. The zero-order chi connectivity index (χ0) is 28.7. The number of nitrogens with two attached hydrogens (primary N) is 1. The Balaban J connectivity index is 2.39. The summed E-state index contributed by atoms with van der Waals surface area (Å²) in [6, 6.07) is 6.47. The van der Waals surface area contributed by atoms with Gasteiger partial charge in [-0.1, -0.05) is 42.8 Å². The molecule has 0 spiro atoms. The molecule has 2 rings (SSSR count). The minimum atomic E-state index is -4.57. The number of aliphatic imine (C=N–C) groups is 2. The van der Waals surface area contributed by atoms with E-state index >= 15 is 0 Å². The average Bonchev–Trinajstić information content (AvgIpc) is 2.83. The summed E-state index contributed by atoms with van der Waals surface area (Å²) in [5, 5.41) is 2.89. The first kappa shape index (κ1) is 30.7. The lowest BCUT2D eigenvalue weighted by Crippen LogP contribution is -2.59. The zero-order valence-corrected chi connectivity index (χ0v) is 22.1. The van der Waals surface area contributed by atoms with E-state index < -0.39 is 48.5 Å². The molecule has 0 aromatic heterocycles. The van der Waals surface area contributed by atoms with E-state index in [9.17, 15) is 26.7 Å². The van der Waals surface area contributed by atoms with Crippen molar-refractivity contribution < 1.29 is 26.7 Å². The molecule has 1 heterocycles. The number of carbonyl (C=O) groups is 1. The van der Waals surface area contributed by atoms with E-state index in [1.165, 1.54) is 26.3 Å². The maximum absolute atomic E-state index is 14.6. The minimum absolute atomic E-state index is 0.0217. The number of allylic oxidation sites excluding steroid dienone is 4. The van der Waals surface area contributed by atoms with Crippen molar-refractivity contribution in [3.05, 3.63) is 64.6 Å². The zero-order valence-electron chi connectivity index (χ0n) is 22.1. The summed E-state index contributed by atoms with van der Waals surface area (Å²) in [5.74, 6) is -4.46. The topological polar surface area (TPSA) is 83.1 Å². The molecule has 1 saturated heterocycles. The molecule has 0 saturated carbocycles. The summed E-state index contributed by atoms with van der Waals surface area (Å²) in [7, 11) is 1.51. The van der Waals surface area contributed by atoms with Crippen LogP contribution in [0.25, 0.3) is 5.57 Å². The SMILES string of the molecule is C\C=C(/N=C\C(=C/C)C(F)(F)F)NCC1C(C)CC(F)(F)CN1C(=O)C(N)=C(C=NC)c1cccc(C)c1. The highest BCUT2D eigenvalue weighted by Crippen LogP contribution is 2.35. The Hall–Kier alpha value is -3.50. The van der Waals surface area contributed by atoms with Gasteiger partial charge < -0.3 is 16.0 Å². The molecule has 0 bridgehead atoms. The normalized spacial score (nSPS) is 21.7. The first-order chi connectivity index (χ1) is 17.7. The van der Waals surface area contributed by atoms with Crippen molar-refractivity contribution in [2.24, 2.45) is 21.6 Å². The maximum atomic E-state index is 14.6. The molecule has 0 radical (unpaired) electrons. The predicted molar refractivity (Wildman–Crippen MR) is 141 cm³/mol. The number of hydrogen-bond donors (Lipinski definition) is 2. The van der Waals surface area contributed by atoms with Gasteiger partial charge in [-0.15, -0.1) is 0 Å². The van der Waals surface area contributed by atoms with Gasteiger partial charge in [0.1, 0.15) is 11.5 Å². The Morgan fingerprint density at radius 1 is 1.24 bits per heavy atom. The predicted octanol–water partition coefficient (Wildman–Crippen LogP) is 5.27. The Morgan fingerprint density at radius 2 is 1.92 bits per heavy atom. The third-order valence-corrected chi connectivity index (χ3v) is 6.19. The van der Waals surface area contributed by atoms with Crippen LogP contribution >= 0.6 is 0 Å². The lowest BCUT2D eigenvalue weighted by molar-refractivity contribution is -0.148. The van der Waals surface area contributed by atoms with Crippen LogP contribution in [0, 0.1) is 12.8 Å². The van der Waals surface area contributed by atoms with E-state index in [2.05, 4.69) is 15.3 Å². The number of carbonyl (C=O) groups excluding carboxylic acids is 1. The fourth-order valence-electron chi connectivity index (χ4n) is 4.27. The molecule has 1 aromatic carbocycles. The highest BCUT2D eigenvalue weighted by molar-refractivity contribution is 6.18. The van der Waals surface area contributed by atoms with Gasteiger partial charge in [0.15, 0.2) is 0 Å². The Labute approximate surface area is 219 Å². The molecule has 1 fully saturated rings. The smallest absolute Gasteiger partial charge is 0.394 e. The third-order valence-electron chi connectivity index (χ3n) is 6.19. The molecular weight excluding hydrogens is 505 g/mol. The first-order valence-corrected chi connectivity index (χ1v) is 12.1. The van der Waals surface area contributed by atoms with E-state index in [0.717, 1.165) is 16.5 Å². The number of amides is 1. The van der Waals surface area contributed by atoms with Crippen LogP contribution < -0.4 is 11.1 Å². The molecule has 208 valence electrons. The number of rotatable bonds is 8. The maximum Gasteiger partial charge on any atom is 0.417 e. The number of halogens is 5. The van der Waals surface area contributed by atoms with Gasteiger partial charge in [-0.2, -0.15) is 13.2 Å². The second kappa shape index (κ2) is 12.8. The second-order valence-electron chi connectivity index (χ2n) is 9.18. The van der Waals surface area contributed by atoms with Crippen LogP contribution in [0.15, 0.2) is 63.5 Å². The van der Waals surface area contributed by atoms with Crippen molar-refractivity contribution in [2.45, 2.75) is 52.3 Å². The molecular formula is C27H34F5N5O. The number of aryl methyl sites for hydroxylation is 1. The monoisotopic (exact) mass is 539 g/mol. The number of alkyl halides is 5. The quantitative estimate of drug-likeness (QED) is 0.268. The van der Waals surface area contributed by atoms with Crippen LogP contribution in [0.4, 0.5) is 22.0 Å². The van der Waals surface area contributed by atoms with Crippen molar-refractivity contribution in [2.75, 3.05) is 20.1 Å². The Kier molecular flexibility index (Phi) is 10.4. The van der Waals surface area contributed by atoms with Crippen molar-refractivity contribution >= 4 is 23.9 Å². The van der Waals surface area contributed by atoms with Crippen LogP contribution in [0.1, 0.15) is 38.3 Å². The summed E-state index contributed by atoms with van der Waals surface area (Å²) in [6.07, 6.45) is -0.585. The Morgan fingerprint density at radius 3 is 2.47 bits per heavy atom. The van der Waals surface area contributed by atoms with Crippen LogP contribution in [0.2, 0.25) is 0 Å². The fourth-order valence-corrected chi connectivity index (χ4v) is 4.27. The van der Waals surface area contributed by atoms with Gasteiger partial charge in [0.05, 0.1) is 18.2 Å². The molecule has 3 N–H and O–H groups in total. The largest absolute Gasteiger partial charge is 0.417 e. The van der Waals surface area contributed by atoms with E-state index in [1.54, 1.807) is 32.0 Å². The van der Waals surface area contributed by atoms with E-state index in [0.29, 0.717) is 17.4 Å². The molecule has 11 heteroatoms. The molecule has 1 aliphatic rings. The van der Waals surface area contributed by atoms with Gasteiger partial charge in [-0.05, 0) is 38.3 Å². The molecule has 6 nitrogen and oxygen atoms in total. The number of likely N-dealkylation sites (tertiary alicyclic amines) is 1. The average molecular weight is 540 g/mol. The van der Waals surface area contributed by atoms with E-state index in [1.807, 2.05) is 13.0 Å². The number of nitrogens with one attached hydrogen (secondary N) is 1. The van der Waals surface area contributed by atoms with Crippen molar-refractivity contribution in [1.29, 1.82) is 0 Å². The summed E-state index contributed by atoms with van der Waals surface area (Å²) in [4.78, 5) is 22.4. The van der Waals surface area contributed by atoms with E-state index in [4.69, 9.17) is 5.73 Å². The summed E-state index contributed by atoms with van der Waals surface area (Å²) in [6.45, 7) is 5.41. The van der Waals surface area contributed by atoms with Crippen LogP contribution in [-0.2, 0) is 4.79 Å². The summed E-state index contributed by atoms with van der Waals surface area (Å²) < 4.78 is 68.3. The standard InChI is InChI=1S/C27H34F5N5O/c1-6-20(27(30,31)32)13-35-23(7-2)36-15-22-18(4)12-26(28,29)16-37(22)25(38)24(33)21(14-34-5)19-10-8-9-17(3)11-19/h6-11,13-14,18,22,36H,12,15-16,33H2,1-5H3/b20-6+,23-7+,24-21?,34-14?,35-13-. The van der Waals surface area contributed by atoms with Gasteiger partial charge in [0.2, 0.25) is 0 Å². The highest BCUT2D eigenvalue weighted by atomic mass is 19.4. The first-order valence-electron chi connectivity index (χ1n) is 12.1. The van der Waals surface area contributed by atoms with Gasteiger partial charge in [0, 0.05) is 38.0 Å². The molecule has 1 aliphatic heterocycles. The van der Waals surface area contributed by atoms with Crippen LogP contribution in [0.5, 0.6) is 0 Å². The van der Waals surface area contributed by atoms with Gasteiger partial charge in [-0.3, -0.25) is 9.79 Å². The lowest BCUT2D eigenvalue weighted by Gasteiger charge is -2.43. The summed E-state index contributed by atoms with van der Waals surface area (Å²) >= 11 is 0.